The highest BCUT2D eigenvalue weighted by Gasteiger charge is 2.20. The molecule has 1 aliphatic rings. The van der Waals surface area contributed by atoms with Gasteiger partial charge in [-0.05, 0) is 22.0 Å². The first kappa shape index (κ1) is 11.3. The van der Waals surface area contributed by atoms with Gasteiger partial charge in [0, 0.05) is 31.6 Å². The molecule has 4 nitrogen and oxygen atoms in total. The lowest BCUT2D eigenvalue weighted by Crippen LogP contribution is -2.46. The molecular formula is C11H12BrN3OS. The molecule has 1 saturated heterocycles. The van der Waals surface area contributed by atoms with E-state index in [0.29, 0.717) is 5.69 Å². The lowest BCUT2D eigenvalue weighted by Gasteiger charge is -2.26. The van der Waals surface area contributed by atoms with Crippen LogP contribution in [0.3, 0.4) is 0 Å². The molecule has 2 aromatic rings. The summed E-state index contributed by atoms with van der Waals surface area (Å²) in [5, 5.41) is 5.27. The van der Waals surface area contributed by atoms with Crippen LogP contribution in [0.5, 0.6) is 0 Å². The van der Waals surface area contributed by atoms with Gasteiger partial charge in [0.1, 0.15) is 5.69 Å². The van der Waals surface area contributed by atoms with Crippen molar-refractivity contribution in [3.05, 3.63) is 21.6 Å². The van der Waals surface area contributed by atoms with E-state index in [2.05, 4.69) is 26.2 Å². The van der Waals surface area contributed by atoms with E-state index in [-0.39, 0.29) is 5.91 Å². The van der Waals surface area contributed by atoms with Crippen LogP contribution in [0.1, 0.15) is 10.5 Å². The average molecular weight is 314 g/mol. The maximum absolute atomic E-state index is 12.2. The summed E-state index contributed by atoms with van der Waals surface area (Å²) in [6, 6.07) is 1.94. The molecule has 0 radical (unpaired) electrons. The number of aromatic nitrogens is 1. The van der Waals surface area contributed by atoms with Crippen molar-refractivity contribution >= 4 is 43.4 Å². The van der Waals surface area contributed by atoms with Gasteiger partial charge in [-0.3, -0.25) is 4.79 Å². The van der Waals surface area contributed by atoms with Gasteiger partial charge in [-0.15, -0.1) is 11.3 Å². The van der Waals surface area contributed by atoms with Crippen molar-refractivity contribution in [1.29, 1.82) is 0 Å². The maximum Gasteiger partial charge on any atom is 0.270 e. The molecule has 0 spiro atoms. The molecule has 0 unspecified atom stereocenters. The number of thiophene rings is 1. The van der Waals surface area contributed by atoms with Crippen molar-refractivity contribution in [3.8, 4) is 0 Å². The van der Waals surface area contributed by atoms with E-state index in [0.717, 1.165) is 40.9 Å². The Kier molecular flexibility index (Phi) is 2.94. The molecule has 2 N–H and O–H groups in total. The van der Waals surface area contributed by atoms with Crippen molar-refractivity contribution in [2.75, 3.05) is 26.2 Å². The molecular weight excluding hydrogens is 302 g/mol. The Morgan fingerprint density at radius 1 is 1.41 bits per heavy atom. The SMILES string of the molecule is O=C(c1cc2scc(Br)c2[nH]1)N1CCNCC1. The summed E-state index contributed by atoms with van der Waals surface area (Å²) in [5.74, 6) is 0.0989. The fourth-order valence-electron chi connectivity index (χ4n) is 2.03. The van der Waals surface area contributed by atoms with E-state index < -0.39 is 0 Å². The summed E-state index contributed by atoms with van der Waals surface area (Å²) in [6.07, 6.45) is 0. The van der Waals surface area contributed by atoms with Gasteiger partial charge in [-0.1, -0.05) is 0 Å². The number of halogens is 1. The third-order valence-electron chi connectivity index (χ3n) is 2.94. The van der Waals surface area contributed by atoms with Crippen molar-refractivity contribution in [1.82, 2.24) is 15.2 Å². The Bertz CT molecular complexity index is 556. The molecule has 17 heavy (non-hydrogen) atoms. The third kappa shape index (κ3) is 2.00. The van der Waals surface area contributed by atoms with Crippen LogP contribution in [-0.2, 0) is 0 Å². The molecule has 0 aromatic carbocycles. The zero-order chi connectivity index (χ0) is 11.8. The van der Waals surface area contributed by atoms with Crippen molar-refractivity contribution in [3.63, 3.8) is 0 Å². The van der Waals surface area contributed by atoms with Gasteiger partial charge >= 0.3 is 0 Å². The predicted molar refractivity (Wildman–Crippen MR) is 72.6 cm³/mol. The number of H-pyrrole nitrogens is 1. The van der Waals surface area contributed by atoms with Gasteiger partial charge in [-0.2, -0.15) is 0 Å². The first-order chi connectivity index (χ1) is 8.25. The fourth-order valence-corrected chi connectivity index (χ4v) is 3.57. The lowest BCUT2D eigenvalue weighted by molar-refractivity contribution is 0.0731. The number of rotatable bonds is 1. The molecule has 1 aliphatic heterocycles. The predicted octanol–water partition coefficient (Wildman–Crippen LogP) is 2.04. The van der Waals surface area contributed by atoms with Crippen molar-refractivity contribution in [2.24, 2.45) is 0 Å². The highest BCUT2D eigenvalue weighted by molar-refractivity contribution is 9.10. The molecule has 2 aromatic heterocycles. The van der Waals surface area contributed by atoms with Crippen LogP contribution >= 0.6 is 27.3 Å². The normalized spacial score (nSPS) is 16.6. The van der Waals surface area contributed by atoms with Gasteiger partial charge in [0.25, 0.3) is 5.91 Å². The number of fused-ring (bicyclic) bond motifs is 1. The minimum absolute atomic E-state index is 0.0989. The quantitative estimate of drug-likeness (QED) is 0.846. The monoisotopic (exact) mass is 313 g/mol. The van der Waals surface area contributed by atoms with Gasteiger partial charge in [0.15, 0.2) is 0 Å². The zero-order valence-electron chi connectivity index (χ0n) is 9.12. The van der Waals surface area contributed by atoms with E-state index in [1.54, 1.807) is 11.3 Å². The Morgan fingerprint density at radius 3 is 2.88 bits per heavy atom. The van der Waals surface area contributed by atoms with Crippen LogP contribution in [-0.4, -0.2) is 42.0 Å². The Labute approximate surface area is 111 Å². The first-order valence-corrected chi connectivity index (χ1v) is 7.18. The smallest absolute Gasteiger partial charge is 0.270 e. The third-order valence-corrected chi connectivity index (χ3v) is 4.80. The molecule has 1 amide bonds. The number of hydrogen-bond donors (Lipinski definition) is 2. The summed E-state index contributed by atoms with van der Waals surface area (Å²) in [6.45, 7) is 3.33. The van der Waals surface area contributed by atoms with E-state index in [1.165, 1.54) is 0 Å². The van der Waals surface area contributed by atoms with Crippen LogP contribution in [0.4, 0.5) is 0 Å². The van der Waals surface area contributed by atoms with Crippen LogP contribution in [0.15, 0.2) is 15.9 Å². The van der Waals surface area contributed by atoms with Gasteiger partial charge in [0.2, 0.25) is 0 Å². The number of piperazine rings is 1. The fraction of sp³-hybridized carbons (Fsp3) is 0.364. The van der Waals surface area contributed by atoms with Gasteiger partial charge < -0.3 is 15.2 Å². The Hall–Kier alpha value is -0.850. The Morgan fingerprint density at radius 2 is 2.18 bits per heavy atom. The van der Waals surface area contributed by atoms with Gasteiger partial charge in [-0.25, -0.2) is 0 Å². The van der Waals surface area contributed by atoms with E-state index in [1.807, 2.05) is 16.3 Å². The average Bonchev–Trinajstić information content (AvgIpc) is 2.92. The van der Waals surface area contributed by atoms with E-state index >= 15 is 0 Å². The number of carbonyl (C=O) groups is 1. The highest BCUT2D eigenvalue weighted by Crippen LogP contribution is 2.30. The number of nitrogens with one attached hydrogen (secondary N) is 2. The number of amides is 1. The zero-order valence-corrected chi connectivity index (χ0v) is 11.5. The van der Waals surface area contributed by atoms with Crippen molar-refractivity contribution < 1.29 is 4.79 Å². The topological polar surface area (TPSA) is 48.1 Å². The molecule has 6 heteroatoms. The van der Waals surface area contributed by atoms with Gasteiger partial charge in [0.05, 0.1) is 14.7 Å². The molecule has 0 bridgehead atoms. The maximum atomic E-state index is 12.2. The minimum atomic E-state index is 0.0989. The molecule has 1 fully saturated rings. The van der Waals surface area contributed by atoms with Crippen LogP contribution in [0.2, 0.25) is 0 Å². The second-order valence-electron chi connectivity index (χ2n) is 4.05. The second kappa shape index (κ2) is 4.44. The second-order valence-corrected chi connectivity index (χ2v) is 5.81. The summed E-state index contributed by atoms with van der Waals surface area (Å²) in [5.41, 5.74) is 1.71. The molecule has 0 saturated carbocycles. The lowest BCUT2D eigenvalue weighted by atomic mass is 10.3. The minimum Gasteiger partial charge on any atom is -0.349 e. The molecule has 0 aliphatic carbocycles. The largest absolute Gasteiger partial charge is 0.349 e. The summed E-state index contributed by atoms with van der Waals surface area (Å²) in [4.78, 5) is 17.3. The molecule has 3 rings (SSSR count). The molecule has 90 valence electrons. The van der Waals surface area contributed by atoms with E-state index in [4.69, 9.17) is 0 Å². The summed E-state index contributed by atoms with van der Waals surface area (Å²) < 4.78 is 2.15. The first-order valence-electron chi connectivity index (χ1n) is 5.51. The number of aromatic amines is 1. The Balaban J connectivity index is 1.89. The number of carbonyl (C=O) groups excluding carboxylic acids is 1. The standard InChI is InChI=1S/C11H12BrN3OS/c12-7-6-17-9-5-8(14-10(7)9)11(16)15-3-1-13-2-4-15/h5-6,13-14H,1-4H2. The van der Waals surface area contributed by atoms with E-state index in [9.17, 15) is 4.79 Å². The number of nitrogens with zero attached hydrogens (tertiary/aromatic N) is 1. The molecule has 3 heterocycles. The van der Waals surface area contributed by atoms with Crippen LogP contribution in [0.25, 0.3) is 10.2 Å². The van der Waals surface area contributed by atoms with Crippen LogP contribution < -0.4 is 5.32 Å². The van der Waals surface area contributed by atoms with Crippen molar-refractivity contribution in [2.45, 2.75) is 0 Å². The molecule has 0 atom stereocenters. The number of hydrogen-bond acceptors (Lipinski definition) is 3. The van der Waals surface area contributed by atoms with Crippen LogP contribution in [0, 0.1) is 0 Å². The summed E-state index contributed by atoms with van der Waals surface area (Å²) >= 11 is 5.11. The summed E-state index contributed by atoms with van der Waals surface area (Å²) in [7, 11) is 0. The highest BCUT2D eigenvalue weighted by atomic mass is 79.9.